The Morgan fingerprint density at radius 2 is 2.00 bits per heavy atom. The normalized spacial score (nSPS) is 16.7. The van der Waals surface area contributed by atoms with E-state index in [1.165, 1.54) is 12.8 Å². The van der Waals surface area contributed by atoms with Crippen LogP contribution in [-0.2, 0) is 6.42 Å². The quantitative estimate of drug-likeness (QED) is 0.761. The molecule has 4 heteroatoms. The van der Waals surface area contributed by atoms with Crippen LogP contribution >= 0.6 is 11.6 Å². The average Bonchev–Trinajstić information content (AvgIpc) is 2.77. The lowest BCUT2D eigenvalue weighted by atomic mass is 10.3. The third-order valence-electron chi connectivity index (χ3n) is 2.98. The zero-order valence-corrected chi connectivity index (χ0v) is 10.5. The Hall–Kier alpha value is -0.830. The Bertz CT molecular complexity index is 376. The van der Waals surface area contributed by atoms with Gasteiger partial charge in [0.25, 0.3) is 0 Å². The molecule has 0 bridgehead atoms. The molecule has 0 amide bonds. The summed E-state index contributed by atoms with van der Waals surface area (Å²) in [6, 6.07) is 0. The van der Waals surface area contributed by atoms with Crippen molar-refractivity contribution in [2.45, 2.75) is 52.1 Å². The predicted octanol–water partition coefficient (Wildman–Crippen LogP) is 3.32. The molecule has 0 atom stereocenters. The third-order valence-corrected chi connectivity index (χ3v) is 3.35. The van der Waals surface area contributed by atoms with Gasteiger partial charge in [0.15, 0.2) is 0 Å². The topological polar surface area (TPSA) is 35.0 Å². The van der Waals surface area contributed by atoms with Crippen molar-refractivity contribution < 1.29 is 4.74 Å². The Kier molecular flexibility index (Phi) is 3.64. The van der Waals surface area contributed by atoms with Gasteiger partial charge in [-0.3, -0.25) is 0 Å². The van der Waals surface area contributed by atoms with Gasteiger partial charge in [-0.15, -0.1) is 0 Å². The van der Waals surface area contributed by atoms with Crippen LogP contribution in [0.25, 0.3) is 0 Å². The van der Waals surface area contributed by atoms with Crippen molar-refractivity contribution in [3.8, 4) is 5.88 Å². The van der Waals surface area contributed by atoms with E-state index in [0.29, 0.717) is 17.1 Å². The minimum Gasteiger partial charge on any atom is -0.474 e. The van der Waals surface area contributed by atoms with E-state index in [1.807, 2.05) is 13.8 Å². The summed E-state index contributed by atoms with van der Waals surface area (Å²) in [5, 5.41) is 0.514. The maximum absolute atomic E-state index is 6.05. The smallest absolute Gasteiger partial charge is 0.221 e. The second-order valence-corrected chi connectivity index (χ2v) is 4.60. The minimum atomic E-state index is 0.314. The van der Waals surface area contributed by atoms with E-state index in [-0.39, 0.29) is 0 Å². The van der Waals surface area contributed by atoms with Crippen molar-refractivity contribution in [2.75, 3.05) is 0 Å². The predicted molar refractivity (Wildman–Crippen MR) is 64.0 cm³/mol. The van der Waals surface area contributed by atoms with E-state index in [2.05, 4.69) is 9.97 Å². The number of nitrogens with zero attached hydrogens (tertiary/aromatic N) is 2. The lowest BCUT2D eigenvalue weighted by Crippen LogP contribution is -2.14. The maximum Gasteiger partial charge on any atom is 0.221 e. The summed E-state index contributed by atoms with van der Waals surface area (Å²) in [7, 11) is 0. The largest absolute Gasteiger partial charge is 0.474 e. The van der Waals surface area contributed by atoms with Crippen molar-refractivity contribution in [1.82, 2.24) is 9.97 Å². The molecule has 0 spiro atoms. The SMILES string of the molecule is CCc1nc(Cl)c(C)c(OC2CCCC2)n1. The monoisotopic (exact) mass is 240 g/mol. The summed E-state index contributed by atoms with van der Waals surface area (Å²) < 4.78 is 5.89. The first-order valence-corrected chi connectivity index (χ1v) is 6.28. The van der Waals surface area contributed by atoms with Gasteiger partial charge in [0.05, 0.1) is 0 Å². The highest BCUT2D eigenvalue weighted by Crippen LogP contribution is 2.27. The highest BCUT2D eigenvalue weighted by Gasteiger charge is 2.19. The summed E-state index contributed by atoms with van der Waals surface area (Å²) >= 11 is 6.05. The Labute approximate surface area is 101 Å². The van der Waals surface area contributed by atoms with Crippen molar-refractivity contribution >= 4 is 11.6 Å². The van der Waals surface area contributed by atoms with Gasteiger partial charge in [-0.2, -0.15) is 4.98 Å². The number of hydrogen-bond donors (Lipinski definition) is 0. The molecule has 2 rings (SSSR count). The molecule has 1 aliphatic rings. The van der Waals surface area contributed by atoms with Crippen LogP contribution in [0.1, 0.15) is 44.0 Å². The van der Waals surface area contributed by atoms with Crippen molar-refractivity contribution in [3.63, 3.8) is 0 Å². The van der Waals surface area contributed by atoms with Gasteiger partial charge in [0, 0.05) is 12.0 Å². The molecule has 88 valence electrons. The number of halogens is 1. The van der Waals surface area contributed by atoms with Gasteiger partial charge in [-0.05, 0) is 32.6 Å². The van der Waals surface area contributed by atoms with Gasteiger partial charge in [0.2, 0.25) is 5.88 Å². The fraction of sp³-hybridized carbons (Fsp3) is 0.667. The second kappa shape index (κ2) is 5.00. The third kappa shape index (κ3) is 2.46. The fourth-order valence-corrected chi connectivity index (χ4v) is 2.13. The molecular formula is C12H17ClN2O. The summed E-state index contributed by atoms with van der Waals surface area (Å²) in [5.74, 6) is 1.42. The molecule has 1 fully saturated rings. The standard InChI is InChI=1S/C12H17ClN2O/c1-3-10-14-11(13)8(2)12(15-10)16-9-6-4-5-7-9/h9H,3-7H2,1-2H3. The summed E-state index contributed by atoms with van der Waals surface area (Å²) in [6.07, 6.45) is 5.85. The average molecular weight is 241 g/mol. The van der Waals surface area contributed by atoms with Gasteiger partial charge in [-0.1, -0.05) is 18.5 Å². The molecule has 0 aliphatic heterocycles. The molecule has 0 radical (unpaired) electrons. The molecule has 1 aliphatic carbocycles. The van der Waals surface area contributed by atoms with Crippen molar-refractivity contribution in [1.29, 1.82) is 0 Å². The summed E-state index contributed by atoms with van der Waals surface area (Å²) in [6.45, 7) is 3.92. The van der Waals surface area contributed by atoms with E-state index in [9.17, 15) is 0 Å². The molecule has 0 saturated heterocycles. The second-order valence-electron chi connectivity index (χ2n) is 4.24. The molecule has 1 heterocycles. The van der Waals surface area contributed by atoms with Crippen LogP contribution in [0.5, 0.6) is 5.88 Å². The fourth-order valence-electron chi connectivity index (χ4n) is 1.95. The Morgan fingerprint density at radius 1 is 1.31 bits per heavy atom. The van der Waals surface area contributed by atoms with Gasteiger partial charge in [0.1, 0.15) is 17.1 Å². The molecular weight excluding hydrogens is 224 g/mol. The van der Waals surface area contributed by atoms with Crippen LogP contribution in [0, 0.1) is 6.92 Å². The molecule has 1 aromatic rings. The molecule has 16 heavy (non-hydrogen) atoms. The maximum atomic E-state index is 6.05. The number of hydrogen-bond acceptors (Lipinski definition) is 3. The van der Waals surface area contributed by atoms with E-state index in [0.717, 1.165) is 30.7 Å². The molecule has 3 nitrogen and oxygen atoms in total. The molecule has 1 aromatic heterocycles. The van der Waals surface area contributed by atoms with E-state index in [4.69, 9.17) is 16.3 Å². The Morgan fingerprint density at radius 3 is 2.62 bits per heavy atom. The summed E-state index contributed by atoms with van der Waals surface area (Å²) in [4.78, 5) is 8.60. The highest BCUT2D eigenvalue weighted by molar-refractivity contribution is 6.30. The molecule has 0 N–H and O–H groups in total. The van der Waals surface area contributed by atoms with Crippen LogP contribution in [0.3, 0.4) is 0 Å². The molecule has 1 saturated carbocycles. The first kappa shape index (κ1) is 11.6. The molecule has 0 unspecified atom stereocenters. The lowest BCUT2D eigenvalue weighted by molar-refractivity contribution is 0.199. The number of aryl methyl sites for hydroxylation is 1. The number of ether oxygens (including phenoxy) is 1. The molecule has 0 aromatic carbocycles. The minimum absolute atomic E-state index is 0.314. The number of rotatable bonds is 3. The zero-order chi connectivity index (χ0) is 11.5. The first-order chi connectivity index (χ1) is 7.70. The van der Waals surface area contributed by atoms with Crippen LogP contribution < -0.4 is 4.74 Å². The lowest BCUT2D eigenvalue weighted by Gasteiger charge is -2.15. The highest BCUT2D eigenvalue weighted by atomic mass is 35.5. The Balaban J connectivity index is 2.20. The van der Waals surface area contributed by atoms with Crippen LogP contribution in [-0.4, -0.2) is 16.1 Å². The van der Waals surface area contributed by atoms with Gasteiger partial charge in [-0.25, -0.2) is 4.98 Å². The van der Waals surface area contributed by atoms with Crippen molar-refractivity contribution in [2.24, 2.45) is 0 Å². The summed E-state index contributed by atoms with van der Waals surface area (Å²) in [5.41, 5.74) is 0.853. The van der Waals surface area contributed by atoms with Crippen LogP contribution in [0.4, 0.5) is 0 Å². The van der Waals surface area contributed by atoms with Crippen LogP contribution in [0.2, 0.25) is 5.15 Å². The van der Waals surface area contributed by atoms with E-state index in [1.54, 1.807) is 0 Å². The van der Waals surface area contributed by atoms with Gasteiger partial charge >= 0.3 is 0 Å². The van der Waals surface area contributed by atoms with Gasteiger partial charge < -0.3 is 4.74 Å². The van der Waals surface area contributed by atoms with Crippen LogP contribution in [0.15, 0.2) is 0 Å². The first-order valence-electron chi connectivity index (χ1n) is 5.90. The van der Waals surface area contributed by atoms with E-state index >= 15 is 0 Å². The zero-order valence-electron chi connectivity index (χ0n) is 9.79. The van der Waals surface area contributed by atoms with Crippen molar-refractivity contribution in [3.05, 3.63) is 16.5 Å². The van der Waals surface area contributed by atoms with E-state index < -0.39 is 0 Å². The number of aromatic nitrogens is 2.